The lowest BCUT2D eigenvalue weighted by Gasteiger charge is -2.20. The molecule has 0 atom stereocenters. The maximum absolute atomic E-state index is 7.28. The van der Waals surface area contributed by atoms with Crippen LogP contribution in [0, 0.1) is 10.8 Å². The number of nitrogens with two attached hydrogens (primary N) is 2. The Kier molecular flexibility index (Phi) is 11.9. The summed E-state index contributed by atoms with van der Waals surface area (Å²) in [5.74, 6) is -0.349. The molecular formula is C14H32N6. The van der Waals surface area contributed by atoms with Crippen molar-refractivity contribution in [3.05, 3.63) is 0 Å². The van der Waals surface area contributed by atoms with Crippen molar-refractivity contribution in [1.82, 2.24) is 10.2 Å². The highest BCUT2D eigenvalue weighted by Gasteiger charge is 2.08. The Morgan fingerprint density at radius 3 is 1.85 bits per heavy atom. The van der Waals surface area contributed by atoms with Crippen molar-refractivity contribution in [2.45, 2.75) is 58.3 Å². The van der Waals surface area contributed by atoms with Gasteiger partial charge in [0, 0.05) is 13.1 Å². The van der Waals surface area contributed by atoms with Gasteiger partial charge in [0.25, 0.3) is 0 Å². The van der Waals surface area contributed by atoms with E-state index in [1.807, 2.05) is 0 Å². The zero-order valence-corrected chi connectivity index (χ0v) is 12.9. The molecule has 0 rings (SSSR count). The molecule has 0 spiro atoms. The van der Waals surface area contributed by atoms with E-state index < -0.39 is 0 Å². The van der Waals surface area contributed by atoms with Crippen molar-refractivity contribution in [1.29, 1.82) is 10.8 Å². The van der Waals surface area contributed by atoms with Crippen molar-refractivity contribution in [3.8, 4) is 0 Å². The summed E-state index contributed by atoms with van der Waals surface area (Å²) < 4.78 is 0. The first-order valence-corrected chi connectivity index (χ1v) is 7.76. The predicted octanol–water partition coefficient (Wildman–Crippen LogP) is 1.81. The Morgan fingerprint density at radius 2 is 1.35 bits per heavy atom. The molecule has 0 amide bonds. The summed E-state index contributed by atoms with van der Waals surface area (Å²) in [6.07, 6.45) is 10.5. The van der Waals surface area contributed by atoms with E-state index in [1.54, 1.807) is 0 Å². The van der Waals surface area contributed by atoms with Gasteiger partial charge in [-0.1, -0.05) is 51.9 Å². The van der Waals surface area contributed by atoms with E-state index in [4.69, 9.17) is 22.3 Å². The third kappa shape index (κ3) is 10.6. The molecule has 0 unspecified atom stereocenters. The molecule has 6 nitrogen and oxygen atoms in total. The second-order valence-electron chi connectivity index (χ2n) is 5.15. The van der Waals surface area contributed by atoms with Crippen molar-refractivity contribution >= 4 is 11.9 Å². The summed E-state index contributed by atoms with van der Waals surface area (Å²) in [4.78, 5) is 1.28. The second kappa shape index (κ2) is 12.7. The van der Waals surface area contributed by atoms with Gasteiger partial charge in [0.1, 0.15) is 0 Å². The Bertz CT molecular complexity index is 252. The number of unbranched alkanes of at least 4 members (excludes halogenated alkanes) is 7. The summed E-state index contributed by atoms with van der Waals surface area (Å²) in [6, 6.07) is 0. The molecular weight excluding hydrogens is 252 g/mol. The van der Waals surface area contributed by atoms with Crippen LogP contribution in [-0.4, -0.2) is 36.5 Å². The smallest absolute Gasteiger partial charge is 0.195 e. The summed E-state index contributed by atoms with van der Waals surface area (Å²) in [5, 5.41) is 17.8. The summed E-state index contributed by atoms with van der Waals surface area (Å²) in [5.41, 5.74) is 10.7. The molecule has 0 aliphatic heterocycles. The standard InChI is InChI=1S/C14H32N6/c1-2-3-4-5-6-7-8-9-10-19-11-12-20(13(15)16)14(17)18/h19H,2-12H2,1H3,(H3,15,16)(H3,17,18). The Labute approximate surface area is 123 Å². The van der Waals surface area contributed by atoms with Crippen molar-refractivity contribution in [3.63, 3.8) is 0 Å². The maximum Gasteiger partial charge on any atom is 0.195 e. The molecule has 6 heteroatoms. The van der Waals surface area contributed by atoms with Gasteiger partial charge in [-0.25, -0.2) is 0 Å². The highest BCUT2D eigenvalue weighted by Crippen LogP contribution is 2.07. The third-order valence-corrected chi connectivity index (χ3v) is 3.30. The molecule has 0 bridgehead atoms. The van der Waals surface area contributed by atoms with Crippen LogP contribution in [0.3, 0.4) is 0 Å². The molecule has 0 aliphatic carbocycles. The van der Waals surface area contributed by atoms with Gasteiger partial charge in [-0.2, -0.15) is 0 Å². The van der Waals surface area contributed by atoms with Gasteiger partial charge in [-0.05, 0) is 13.0 Å². The van der Waals surface area contributed by atoms with Crippen LogP contribution in [-0.2, 0) is 0 Å². The first kappa shape index (κ1) is 18.7. The second-order valence-corrected chi connectivity index (χ2v) is 5.15. The minimum absolute atomic E-state index is 0.175. The van der Waals surface area contributed by atoms with Gasteiger partial charge in [0.2, 0.25) is 0 Å². The SMILES string of the molecule is CCCCCCCCCCNCCN(C(=N)N)C(=N)N. The number of rotatable bonds is 12. The average molecular weight is 284 g/mol. The molecule has 0 aliphatic rings. The van der Waals surface area contributed by atoms with Crippen LogP contribution in [0.1, 0.15) is 58.3 Å². The van der Waals surface area contributed by atoms with Crippen LogP contribution in [0.2, 0.25) is 0 Å². The van der Waals surface area contributed by atoms with E-state index in [0.29, 0.717) is 13.1 Å². The lowest BCUT2D eigenvalue weighted by atomic mass is 10.1. The first-order chi connectivity index (χ1) is 9.59. The van der Waals surface area contributed by atoms with Gasteiger partial charge >= 0.3 is 0 Å². The van der Waals surface area contributed by atoms with E-state index in [9.17, 15) is 0 Å². The van der Waals surface area contributed by atoms with E-state index in [2.05, 4.69) is 12.2 Å². The Hall–Kier alpha value is -1.30. The number of nitrogens with one attached hydrogen (secondary N) is 3. The summed E-state index contributed by atoms with van der Waals surface area (Å²) in [6.45, 7) is 4.38. The molecule has 118 valence electrons. The number of hydrogen-bond donors (Lipinski definition) is 5. The van der Waals surface area contributed by atoms with Crippen LogP contribution in [0.4, 0.5) is 0 Å². The molecule has 0 aromatic heterocycles. The van der Waals surface area contributed by atoms with E-state index in [0.717, 1.165) is 6.54 Å². The summed E-state index contributed by atoms with van der Waals surface area (Å²) in [7, 11) is 0. The van der Waals surface area contributed by atoms with Gasteiger partial charge in [-0.3, -0.25) is 15.7 Å². The molecule has 0 radical (unpaired) electrons. The van der Waals surface area contributed by atoms with Crippen LogP contribution in [0.5, 0.6) is 0 Å². The van der Waals surface area contributed by atoms with Crippen molar-refractivity contribution in [2.24, 2.45) is 11.5 Å². The van der Waals surface area contributed by atoms with E-state index in [1.165, 1.54) is 56.3 Å². The van der Waals surface area contributed by atoms with Crippen LogP contribution in [0.25, 0.3) is 0 Å². The van der Waals surface area contributed by atoms with E-state index in [-0.39, 0.29) is 11.9 Å². The first-order valence-electron chi connectivity index (χ1n) is 7.76. The highest BCUT2D eigenvalue weighted by molar-refractivity contribution is 5.94. The van der Waals surface area contributed by atoms with Gasteiger partial charge in [0.05, 0.1) is 0 Å². The van der Waals surface area contributed by atoms with Crippen molar-refractivity contribution < 1.29 is 0 Å². The summed E-state index contributed by atoms with van der Waals surface area (Å²) >= 11 is 0. The zero-order chi connectivity index (χ0) is 15.2. The molecule has 20 heavy (non-hydrogen) atoms. The number of guanidine groups is 2. The fourth-order valence-electron chi connectivity index (χ4n) is 2.07. The molecule has 0 saturated carbocycles. The molecule has 0 aromatic carbocycles. The minimum Gasteiger partial charge on any atom is -0.370 e. The van der Waals surface area contributed by atoms with Crippen LogP contribution >= 0.6 is 0 Å². The minimum atomic E-state index is -0.175. The fourth-order valence-corrected chi connectivity index (χ4v) is 2.07. The van der Waals surface area contributed by atoms with Gasteiger partial charge in [-0.15, -0.1) is 0 Å². The zero-order valence-electron chi connectivity index (χ0n) is 12.9. The number of hydrogen-bond acceptors (Lipinski definition) is 3. The Balaban J connectivity index is 3.32. The topological polar surface area (TPSA) is 115 Å². The quantitative estimate of drug-likeness (QED) is 0.213. The third-order valence-electron chi connectivity index (χ3n) is 3.30. The lowest BCUT2D eigenvalue weighted by Crippen LogP contribution is -2.47. The van der Waals surface area contributed by atoms with Crippen molar-refractivity contribution in [2.75, 3.05) is 19.6 Å². The molecule has 0 saturated heterocycles. The Morgan fingerprint density at radius 1 is 0.850 bits per heavy atom. The average Bonchev–Trinajstić information content (AvgIpc) is 2.39. The maximum atomic E-state index is 7.28. The largest absolute Gasteiger partial charge is 0.370 e. The lowest BCUT2D eigenvalue weighted by molar-refractivity contribution is 0.518. The molecule has 0 fully saturated rings. The molecule has 7 N–H and O–H groups in total. The predicted molar refractivity (Wildman–Crippen MR) is 86.0 cm³/mol. The van der Waals surface area contributed by atoms with Crippen LogP contribution in [0.15, 0.2) is 0 Å². The van der Waals surface area contributed by atoms with E-state index >= 15 is 0 Å². The molecule has 0 aromatic rings. The number of nitrogens with zero attached hydrogens (tertiary/aromatic N) is 1. The normalized spacial score (nSPS) is 10.4. The van der Waals surface area contributed by atoms with Gasteiger partial charge in [0.15, 0.2) is 11.9 Å². The van der Waals surface area contributed by atoms with Crippen LogP contribution < -0.4 is 16.8 Å². The molecule has 0 heterocycles. The highest BCUT2D eigenvalue weighted by atomic mass is 15.3. The fraction of sp³-hybridized carbons (Fsp3) is 0.857. The monoisotopic (exact) mass is 284 g/mol. The van der Waals surface area contributed by atoms with Gasteiger partial charge < -0.3 is 16.8 Å².